The Morgan fingerprint density at radius 1 is 1.30 bits per heavy atom. The highest BCUT2D eigenvalue weighted by Crippen LogP contribution is 2.36. The molecule has 0 N–H and O–H groups in total. The van der Waals surface area contributed by atoms with Crippen LogP contribution in [-0.2, 0) is 0 Å². The molecule has 2 aliphatic rings. The third kappa shape index (κ3) is 3.52. The minimum atomic E-state index is -0.362. The van der Waals surface area contributed by atoms with Gasteiger partial charge >= 0.3 is 0 Å². The monoisotopic (exact) mass is 333 g/mol. The first kappa shape index (κ1) is 16.3. The predicted molar refractivity (Wildman–Crippen MR) is 95.5 cm³/mol. The number of benzene rings is 1. The lowest BCUT2D eigenvalue weighted by molar-refractivity contribution is -0.384. The normalized spacial score (nSPS) is 24.3. The van der Waals surface area contributed by atoms with Crippen molar-refractivity contribution in [2.75, 3.05) is 12.8 Å². The van der Waals surface area contributed by atoms with E-state index in [1.54, 1.807) is 12.1 Å². The van der Waals surface area contributed by atoms with Crippen LogP contribution >= 0.6 is 11.8 Å². The summed E-state index contributed by atoms with van der Waals surface area (Å²) in [6.07, 6.45) is 6.75. The number of nitro groups is 1. The van der Waals surface area contributed by atoms with Crippen molar-refractivity contribution in [3.63, 3.8) is 0 Å². The third-order valence-corrected chi connectivity index (χ3v) is 6.13. The van der Waals surface area contributed by atoms with Gasteiger partial charge in [0.15, 0.2) is 5.17 Å². The van der Waals surface area contributed by atoms with E-state index in [4.69, 9.17) is 4.99 Å². The fraction of sp³-hybridized carbons (Fsp3) is 0.588. The van der Waals surface area contributed by atoms with Gasteiger partial charge in [0.2, 0.25) is 0 Å². The highest BCUT2D eigenvalue weighted by molar-refractivity contribution is 8.14. The van der Waals surface area contributed by atoms with Crippen molar-refractivity contribution in [3.05, 3.63) is 33.9 Å². The number of thioether (sulfide) groups is 1. The number of rotatable bonds is 3. The predicted octanol–water partition coefficient (Wildman–Crippen LogP) is 4.52. The summed E-state index contributed by atoms with van der Waals surface area (Å²) in [6.45, 7) is 1.88. The van der Waals surface area contributed by atoms with Crippen LogP contribution in [0.2, 0.25) is 0 Å². The van der Waals surface area contributed by atoms with Gasteiger partial charge in [-0.1, -0.05) is 31.0 Å². The second-order valence-electron chi connectivity index (χ2n) is 6.51. The fourth-order valence-electron chi connectivity index (χ4n) is 3.58. The molecule has 6 heteroatoms. The molecule has 1 atom stereocenters. The van der Waals surface area contributed by atoms with Crippen molar-refractivity contribution in [2.45, 2.75) is 45.1 Å². The van der Waals surface area contributed by atoms with Crippen LogP contribution in [0.3, 0.4) is 0 Å². The van der Waals surface area contributed by atoms with E-state index in [0.717, 1.165) is 28.1 Å². The van der Waals surface area contributed by atoms with Gasteiger partial charge in [-0.25, -0.2) is 4.99 Å². The largest absolute Gasteiger partial charge is 0.350 e. The molecule has 1 aliphatic carbocycles. The molecule has 1 aromatic carbocycles. The van der Waals surface area contributed by atoms with E-state index >= 15 is 0 Å². The Hall–Kier alpha value is -1.56. The number of amidine groups is 1. The first-order valence-corrected chi connectivity index (χ1v) is 9.24. The van der Waals surface area contributed by atoms with Gasteiger partial charge in [0.1, 0.15) is 0 Å². The minimum Gasteiger partial charge on any atom is -0.350 e. The van der Waals surface area contributed by atoms with Crippen molar-refractivity contribution < 1.29 is 4.92 Å². The maximum absolute atomic E-state index is 10.8. The van der Waals surface area contributed by atoms with Gasteiger partial charge in [0, 0.05) is 31.0 Å². The molecule has 0 bridgehead atoms. The molecule has 1 saturated heterocycles. The molecule has 1 aromatic rings. The first-order chi connectivity index (χ1) is 11.1. The molecule has 2 fully saturated rings. The zero-order chi connectivity index (χ0) is 16.4. The number of nitrogens with zero attached hydrogens (tertiary/aromatic N) is 3. The van der Waals surface area contributed by atoms with Crippen LogP contribution in [0, 0.1) is 23.0 Å². The second kappa shape index (κ2) is 6.91. The highest BCUT2D eigenvalue weighted by Gasteiger charge is 2.34. The highest BCUT2D eigenvalue weighted by atomic mass is 32.2. The number of hydrogen-bond acceptors (Lipinski definition) is 4. The van der Waals surface area contributed by atoms with Gasteiger partial charge in [-0.05, 0) is 37.3 Å². The Kier molecular flexibility index (Phi) is 4.90. The van der Waals surface area contributed by atoms with Crippen molar-refractivity contribution in [1.29, 1.82) is 0 Å². The lowest BCUT2D eigenvalue weighted by Crippen LogP contribution is -2.37. The lowest BCUT2D eigenvalue weighted by atomic mass is 9.84. The van der Waals surface area contributed by atoms with Crippen LogP contribution in [0.15, 0.2) is 23.2 Å². The van der Waals surface area contributed by atoms with E-state index in [1.165, 1.54) is 38.2 Å². The first-order valence-electron chi connectivity index (χ1n) is 8.25. The summed E-state index contributed by atoms with van der Waals surface area (Å²) >= 11 is 1.81. The van der Waals surface area contributed by atoms with Crippen molar-refractivity contribution in [2.24, 2.45) is 10.9 Å². The SMILES string of the molecule is Cc1cc([N+](=O)[O-])ccc1N=C1SCC(C2CCCCC2)N1C. The summed E-state index contributed by atoms with van der Waals surface area (Å²) < 4.78 is 0. The summed E-state index contributed by atoms with van der Waals surface area (Å²) in [5, 5.41) is 11.9. The van der Waals surface area contributed by atoms with Gasteiger partial charge in [0.25, 0.3) is 5.69 Å². The van der Waals surface area contributed by atoms with Crippen LogP contribution < -0.4 is 0 Å². The zero-order valence-electron chi connectivity index (χ0n) is 13.7. The summed E-state index contributed by atoms with van der Waals surface area (Å²) in [4.78, 5) is 17.6. The van der Waals surface area contributed by atoms with Crippen molar-refractivity contribution >= 4 is 28.3 Å². The van der Waals surface area contributed by atoms with Crippen LogP contribution in [0.25, 0.3) is 0 Å². The smallest absolute Gasteiger partial charge is 0.269 e. The zero-order valence-corrected chi connectivity index (χ0v) is 14.5. The van der Waals surface area contributed by atoms with Gasteiger partial charge < -0.3 is 4.90 Å². The van der Waals surface area contributed by atoms with E-state index < -0.39 is 0 Å². The molecule has 124 valence electrons. The van der Waals surface area contributed by atoms with E-state index in [1.807, 2.05) is 18.7 Å². The van der Waals surface area contributed by atoms with Crippen LogP contribution in [0.5, 0.6) is 0 Å². The molecule has 5 nitrogen and oxygen atoms in total. The molecule has 0 amide bonds. The lowest BCUT2D eigenvalue weighted by Gasteiger charge is -2.32. The molecule has 1 unspecified atom stereocenters. The molecule has 23 heavy (non-hydrogen) atoms. The van der Waals surface area contributed by atoms with E-state index in [9.17, 15) is 10.1 Å². The Labute approximate surface area is 141 Å². The summed E-state index contributed by atoms with van der Waals surface area (Å²) in [7, 11) is 2.14. The molecular formula is C17H23N3O2S. The Balaban J connectivity index is 1.76. The molecule has 1 saturated carbocycles. The Morgan fingerprint density at radius 3 is 2.70 bits per heavy atom. The summed E-state index contributed by atoms with van der Waals surface area (Å²) in [5.41, 5.74) is 1.80. The number of aryl methyl sites for hydroxylation is 1. The third-order valence-electron chi connectivity index (χ3n) is 4.98. The topological polar surface area (TPSA) is 58.7 Å². The standard InChI is InChI=1S/C17H23N3O2S/c1-12-10-14(20(21)22)8-9-15(12)18-17-19(2)16(11-23-17)13-6-4-3-5-7-13/h8-10,13,16H,3-7,11H2,1-2H3. The van der Waals surface area contributed by atoms with Gasteiger partial charge in [-0.3, -0.25) is 10.1 Å². The Bertz CT molecular complexity index is 626. The van der Waals surface area contributed by atoms with Crippen LogP contribution in [-0.4, -0.2) is 33.8 Å². The van der Waals surface area contributed by atoms with Crippen LogP contribution in [0.1, 0.15) is 37.7 Å². The van der Waals surface area contributed by atoms with E-state index in [-0.39, 0.29) is 10.6 Å². The van der Waals surface area contributed by atoms with Crippen molar-refractivity contribution in [3.8, 4) is 0 Å². The average Bonchev–Trinajstić information content (AvgIpc) is 2.91. The molecule has 0 spiro atoms. The molecule has 3 rings (SSSR count). The molecule has 0 aromatic heterocycles. The fourth-order valence-corrected chi connectivity index (χ4v) is 4.90. The maximum Gasteiger partial charge on any atom is 0.269 e. The number of hydrogen-bond donors (Lipinski definition) is 0. The summed E-state index contributed by atoms with van der Waals surface area (Å²) in [5.74, 6) is 1.89. The molecule has 0 radical (unpaired) electrons. The maximum atomic E-state index is 10.8. The summed E-state index contributed by atoms with van der Waals surface area (Å²) in [6, 6.07) is 5.46. The number of non-ortho nitro benzene ring substituents is 1. The average molecular weight is 333 g/mol. The minimum absolute atomic E-state index is 0.124. The quantitative estimate of drug-likeness (QED) is 0.603. The molecular weight excluding hydrogens is 310 g/mol. The number of nitro benzene ring substituents is 1. The van der Waals surface area contributed by atoms with E-state index in [0.29, 0.717) is 6.04 Å². The Morgan fingerprint density at radius 2 is 2.04 bits per heavy atom. The van der Waals surface area contributed by atoms with Gasteiger partial charge in [-0.2, -0.15) is 0 Å². The van der Waals surface area contributed by atoms with Crippen molar-refractivity contribution in [1.82, 2.24) is 4.90 Å². The second-order valence-corrected chi connectivity index (χ2v) is 7.50. The van der Waals surface area contributed by atoms with E-state index in [2.05, 4.69) is 11.9 Å². The van der Waals surface area contributed by atoms with Gasteiger partial charge in [0.05, 0.1) is 10.6 Å². The molecule has 1 heterocycles. The van der Waals surface area contributed by atoms with Gasteiger partial charge in [-0.15, -0.1) is 0 Å². The van der Waals surface area contributed by atoms with Crippen LogP contribution in [0.4, 0.5) is 11.4 Å². The number of aliphatic imine (C=N–C) groups is 1. The molecule has 1 aliphatic heterocycles.